The molecule has 0 unspecified atom stereocenters. The minimum Gasteiger partial charge on any atom is -0.328 e. The van der Waals surface area contributed by atoms with Crippen molar-refractivity contribution >= 4 is 35.5 Å². The zero-order chi connectivity index (χ0) is 17.5. The molecule has 5 heteroatoms. The largest absolute Gasteiger partial charge is 0.328 e. The summed E-state index contributed by atoms with van der Waals surface area (Å²) in [6.07, 6.45) is 3.66. The van der Waals surface area contributed by atoms with Crippen molar-refractivity contribution in [1.82, 2.24) is 5.01 Å². The fourth-order valence-corrected chi connectivity index (χ4v) is 3.17. The molecule has 1 heterocycles. The number of allylic oxidation sites excluding steroid dienone is 1. The number of rotatable bonds is 5. The van der Waals surface area contributed by atoms with Gasteiger partial charge in [0.15, 0.2) is 0 Å². The molecule has 1 fully saturated rings. The van der Waals surface area contributed by atoms with Crippen LogP contribution < -0.4 is 4.90 Å². The molecule has 0 atom stereocenters. The maximum absolute atomic E-state index is 6.25. The maximum atomic E-state index is 6.25. The van der Waals surface area contributed by atoms with E-state index in [1.165, 1.54) is 5.56 Å². The van der Waals surface area contributed by atoms with Gasteiger partial charge in [0.25, 0.3) is 0 Å². The van der Waals surface area contributed by atoms with Gasteiger partial charge in [0.05, 0.1) is 37.4 Å². The van der Waals surface area contributed by atoms with E-state index in [1.54, 1.807) is 11.1 Å². The van der Waals surface area contributed by atoms with Crippen LogP contribution in [0.5, 0.6) is 0 Å². The van der Waals surface area contributed by atoms with Gasteiger partial charge in [-0.15, -0.1) is 0 Å². The Kier molecular flexibility index (Phi) is 6.51. The Morgan fingerprint density at radius 1 is 1.04 bits per heavy atom. The molecular formula is C20H22Cl2N3+. The van der Waals surface area contributed by atoms with Crippen molar-refractivity contribution in [3.8, 4) is 0 Å². The molecular weight excluding hydrogens is 353 g/mol. The van der Waals surface area contributed by atoms with Crippen LogP contribution in [0.15, 0.2) is 64.7 Å². The van der Waals surface area contributed by atoms with Crippen LogP contribution in [0.4, 0.5) is 0 Å². The van der Waals surface area contributed by atoms with Gasteiger partial charge in [0, 0.05) is 10.6 Å². The molecule has 3 rings (SSSR count). The van der Waals surface area contributed by atoms with Crippen LogP contribution in [0.1, 0.15) is 11.1 Å². The van der Waals surface area contributed by atoms with Gasteiger partial charge in [0.2, 0.25) is 0 Å². The van der Waals surface area contributed by atoms with E-state index >= 15 is 0 Å². The molecule has 130 valence electrons. The first kappa shape index (κ1) is 18.0. The molecule has 0 aromatic heterocycles. The Morgan fingerprint density at radius 3 is 2.40 bits per heavy atom. The molecule has 25 heavy (non-hydrogen) atoms. The minimum absolute atomic E-state index is 0.641. The van der Waals surface area contributed by atoms with Crippen molar-refractivity contribution in [3.63, 3.8) is 0 Å². The van der Waals surface area contributed by atoms with Crippen molar-refractivity contribution in [2.24, 2.45) is 5.10 Å². The van der Waals surface area contributed by atoms with Crippen LogP contribution in [0.25, 0.3) is 6.08 Å². The Balaban J connectivity index is 1.47. The van der Waals surface area contributed by atoms with Gasteiger partial charge in [-0.05, 0) is 23.8 Å². The number of nitrogens with zero attached hydrogens (tertiary/aromatic N) is 2. The summed E-state index contributed by atoms with van der Waals surface area (Å²) in [4.78, 5) is 1.57. The number of hydrazone groups is 1. The first-order valence-corrected chi connectivity index (χ1v) is 9.24. The van der Waals surface area contributed by atoms with Gasteiger partial charge in [-0.3, -0.25) is 5.01 Å². The molecule has 0 amide bonds. The highest BCUT2D eigenvalue weighted by Gasteiger charge is 2.18. The predicted octanol–water partition coefficient (Wildman–Crippen LogP) is 3.31. The third kappa shape index (κ3) is 5.89. The smallest absolute Gasteiger partial charge is 0.103 e. The lowest BCUT2D eigenvalue weighted by molar-refractivity contribution is -0.918. The molecule has 0 bridgehead atoms. The summed E-state index contributed by atoms with van der Waals surface area (Å²) < 4.78 is 0. The molecule has 1 aliphatic heterocycles. The van der Waals surface area contributed by atoms with Gasteiger partial charge in [0.1, 0.15) is 6.54 Å². The van der Waals surface area contributed by atoms with E-state index in [-0.39, 0.29) is 0 Å². The summed E-state index contributed by atoms with van der Waals surface area (Å²) in [5, 5.41) is 8.03. The molecule has 0 aliphatic carbocycles. The van der Waals surface area contributed by atoms with Crippen molar-refractivity contribution in [3.05, 3.63) is 75.8 Å². The molecule has 0 saturated carbocycles. The fraction of sp³-hybridized carbons (Fsp3) is 0.250. The van der Waals surface area contributed by atoms with Crippen LogP contribution in [0, 0.1) is 0 Å². The molecule has 2 aromatic carbocycles. The third-order valence-corrected chi connectivity index (χ3v) is 4.72. The Labute approximate surface area is 159 Å². The van der Waals surface area contributed by atoms with Crippen molar-refractivity contribution < 1.29 is 4.90 Å². The van der Waals surface area contributed by atoms with E-state index in [2.05, 4.69) is 22.2 Å². The third-order valence-electron chi connectivity index (χ3n) is 4.26. The first-order chi connectivity index (χ1) is 12.2. The van der Waals surface area contributed by atoms with Crippen LogP contribution in [-0.2, 0) is 6.54 Å². The lowest BCUT2D eigenvalue weighted by Crippen LogP contribution is -3.13. The van der Waals surface area contributed by atoms with E-state index in [0.29, 0.717) is 5.03 Å². The van der Waals surface area contributed by atoms with Gasteiger partial charge in [-0.1, -0.05) is 65.7 Å². The molecule has 1 saturated heterocycles. The maximum Gasteiger partial charge on any atom is 0.103 e. The molecule has 0 radical (unpaired) electrons. The van der Waals surface area contributed by atoms with Gasteiger partial charge >= 0.3 is 0 Å². The Morgan fingerprint density at radius 2 is 1.72 bits per heavy atom. The minimum atomic E-state index is 0.641. The van der Waals surface area contributed by atoms with E-state index in [1.807, 2.05) is 48.5 Å². The molecule has 0 spiro atoms. The van der Waals surface area contributed by atoms with Crippen LogP contribution >= 0.6 is 23.2 Å². The zero-order valence-electron chi connectivity index (χ0n) is 14.0. The second-order valence-corrected chi connectivity index (χ2v) is 7.06. The topological polar surface area (TPSA) is 20.0 Å². The number of hydrogen-bond donors (Lipinski definition) is 1. The highest BCUT2D eigenvalue weighted by atomic mass is 35.5. The van der Waals surface area contributed by atoms with Crippen molar-refractivity contribution in [2.45, 2.75) is 6.54 Å². The van der Waals surface area contributed by atoms with E-state index in [9.17, 15) is 0 Å². The highest BCUT2D eigenvalue weighted by molar-refractivity contribution is 6.41. The number of halogens is 2. The summed E-state index contributed by atoms with van der Waals surface area (Å²) in [5.41, 5.74) is 2.40. The number of hydrogen-bond acceptors (Lipinski definition) is 2. The lowest BCUT2D eigenvalue weighted by Gasteiger charge is -2.30. The first-order valence-electron chi connectivity index (χ1n) is 8.48. The van der Waals surface area contributed by atoms with E-state index < -0.39 is 0 Å². The average molecular weight is 375 g/mol. The normalized spacial score (nSPS) is 16.6. The Hall–Kier alpha value is -1.81. The molecule has 1 N–H and O–H groups in total. The number of nitrogens with one attached hydrogen (secondary N) is 1. The summed E-state index contributed by atoms with van der Waals surface area (Å²) in [5.74, 6) is 0. The van der Waals surface area contributed by atoms with Crippen molar-refractivity contribution in [1.29, 1.82) is 0 Å². The number of piperazine rings is 1. The molecule has 1 aliphatic rings. The predicted molar refractivity (Wildman–Crippen MR) is 106 cm³/mol. The lowest BCUT2D eigenvalue weighted by atomic mass is 10.2. The summed E-state index contributed by atoms with van der Waals surface area (Å²) in [6.45, 7) is 5.05. The average Bonchev–Trinajstić information content (AvgIpc) is 2.64. The summed E-state index contributed by atoms with van der Waals surface area (Å²) >= 11 is 12.2. The second kappa shape index (κ2) is 9.04. The highest BCUT2D eigenvalue weighted by Crippen LogP contribution is 2.09. The zero-order valence-corrected chi connectivity index (χ0v) is 15.5. The second-order valence-electron chi connectivity index (χ2n) is 6.19. The Bertz CT molecular complexity index is 718. The van der Waals surface area contributed by atoms with Crippen LogP contribution in [0.2, 0.25) is 5.02 Å². The van der Waals surface area contributed by atoms with Crippen LogP contribution in [-0.4, -0.2) is 37.4 Å². The SMILES string of the molecule is ClC(/C=N\N1CC[NH+](Cc2ccc(Cl)cc2)CC1)=C/c1ccccc1. The fourth-order valence-electron chi connectivity index (χ4n) is 2.88. The summed E-state index contributed by atoms with van der Waals surface area (Å²) in [6, 6.07) is 18.2. The quantitative estimate of drug-likeness (QED) is 0.795. The standard InChI is InChI=1S/C20H21Cl2N3/c21-19-8-6-18(7-9-19)16-24-10-12-25(13-11-24)23-15-20(22)14-17-4-2-1-3-5-17/h1-9,14-15H,10-13,16H2/p+1/b20-14+,23-15-. The van der Waals surface area contributed by atoms with Gasteiger partial charge < -0.3 is 4.90 Å². The molecule has 2 aromatic rings. The number of benzene rings is 2. The van der Waals surface area contributed by atoms with Crippen molar-refractivity contribution in [2.75, 3.05) is 26.2 Å². The van der Waals surface area contributed by atoms with E-state index in [4.69, 9.17) is 23.2 Å². The van der Waals surface area contributed by atoms with Gasteiger partial charge in [-0.25, -0.2) is 0 Å². The number of quaternary nitrogens is 1. The summed E-state index contributed by atoms with van der Waals surface area (Å²) in [7, 11) is 0. The monoisotopic (exact) mass is 374 g/mol. The van der Waals surface area contributed by atoms with E-state index in [0.717, 1.165) is 43.3 Å². The van der Waals surface area contributed by atoms with Gasteiger partial charge in [-0.2, -0.15) is 5.10 Å². The van der Waals surface area contributed by atoms with Crippen LogP contribution in [0.3, 0.4) is 0 Å². The molecule has 3 nitrogen and oxygen atoms in total.